The van der Waals surface area contributed by atoms with Crippen LogP contribution in [0.25, 0.3) is 0 Å². The van der Waals surface area contributed by atoms with Gasteiger partial charge in [-0.25, -0.2) is 0 Å². The van der Waals surface area contributed by atoms with Gasteiger partial charge in [-0.3, -0.25) is 19.2 Å². The Hall–Kier alpha value is -2.12. The molecule has 144 valence electrons. The van der Waals surface area contributed by atoms with Crippen molar-refractivity contribution in [2.24, 2.45) is 0 Å². The molecule has 0 N–H and O–H groups in total. The summed E-state index contributed by atoms with van der Waals surface area (Å²) < 4.78 is 20.6. The number of ether oxygens (including phenoxy) is 4. The number of unbranched alkanes of at least 4 members (excludes halogenated alkanes) is 2. The van der Waals surface area contributed by atoms with Crippen LogP contribution in [0, 0.1) is 0 Å². The van der Waals surface area contributed by atoms with Crippen LogP contribution < -0.4 is 0 Å². The van der Waals surface area contributed by atoms with E-state index in [9.17, 15) is 19.2 Å². The summed E-state index contributed by atoms with van der Waals surface area (Å²) in [6.45, 7) is 6.54. The van der Waals surface area contributed by atoms with Crippen LogP contribution in [-0.2, 0) is 38.1 Å². The van der Waals surface area contributed by atoms with Crippen molar-refractivity contribution in [1.82, 2.24) is 0 Å². The highest BCUT2D eigenvalue weighted by Crippen LogP contribution is 2.20. The van der Waals surface area contributed by atoms with Crippen molar-refractivity contribution < 1.29 is 38.1 Å². The highest BCUT2D eigenvalue weighted by Gasteiger charge is 2.37. The summed E-state index contributed by atoms with van der Waals surface area (Å²) in [6.07, 6.45) is 0.0413. The van der Waals surface area contributed by atoms with E-state index < -0.39 is 42.2 Å². The van der Waals surface area contributed by atoms with Gasteiger partial charge in [-0.1, -0.05) is 19.8 Å². The molecule has 25 heavy (non-hydrogen) atoms. The molecule has 0 radical (unpaired) electrons. The van der Waals surface area contributed by atoms with Gasteiger partial charge in [0.25, 0.3) is 0 Å². The third-order valence-electron chi connectivity index (χ3n) is 3.21. The van der Waals surface area contributed by atoms with Gasteiger partial charge in [-0.2, -0.15) is 0 Å². The van der Waals surface area contributed by atoms with Crippen LogP contribution in [0.15, 0.2) is 0 Å². The van der Waals surface area contributed by atoms with Gasteiger partial charge in [0.2, 0.25) is 0 Å². The summed E-state index contributed by atoms with van der Waals surface area (Å²) in [5.74, 6) is -2.39. The number of esters is 4. The molecule has 8 heteroatoms. The summed E-state index contributed by atoms with van der Waals surface area (Å²) >= 11 is 0. The molecule has 0 unspecified atom stereocenters. The zero-order chi connectivity index (χ0) is 19.4. The molecule has 0 aliphatic carbocycles. The van der Waals surface area contributed by atoms with E-state index in [-0.39, 0.29) is 6.61 Å². The van der Waals surface area contributed by atoms with E-state index in [4.69, 9.17) is 18.9 Å². The van der Waals surface area contributed by atoms with E-state index in [1.807, 2.05) is 6.92 Å². The van der Waals surface area contributed by atoms with Gasteiger partial charge in [0.05, 0.1) is 0 Å². The van der Waals surface area contributed by atoms with Crippen LogP contribution in [0.5, 0.6) is 0 Å². The first-order chi connectivity index (χ1) is 11.7. The zero-order valence-electron chi connectivity index (χ0n) is 15.5. The fourth-order valence-electron chi connectivity index (χ4n) is 2.29. The summed E-state index contributed by atoms with van der Waals surface area (Å²) in [5, 5.41) is 0. The summed E-state index contributed by atoms with van der Waals surface area (Å²) in [5.41, 5.74) is 0. The van der Waals surface area contributed by atoms with E-state index >= 15 is 0 Å². The second kappa shape index (κ2) is 12.3. The SMILES string of the molecule is CCCCC[C@@H](OC(C)=O)[C@H](OC(C)=O)[C@H](COC(C)=O)OC(C)=O. The van der Waals surface area contributed by atoms with Gasteiger partial charge in [-0.15, -0.1) is 0 Å². The number of carbonyl (C=O) groups excluding carboxylic acids is 4. The third-order valence-corrected chi connectivity index (χ3v) is 3.21. The fraction of sp³-hybridized carbons (Fsp3) is 0.765. The Morgan fingerprint density at radius 1 is 0.720 bits per heavy atom. The molecule has 0 aromatic heterocycles. The Balaban J connectivity index is 5.45. The first kappa shape index (κ1) is 22.9. The molecule has 0 heterocycles. The molecule has 0 saturated carbocycles. The van der Waals surface area contributed by atoms with E-state index in [0.29, 0.717) is 6.42 Å². The number of carbonyl (C=O) groups is 4. The monoisotopic (exact) mass is 360 g/mol. The normalized spacial score (nSPS) is 14.0. The topological polar surface area (TPSA) is 105 Å². The molecule has 0 saturated heterocycles. The van der Waals surface area contributed by atoms with Crippen molar-refractivity contribution in [3.8, 4) is 0 Å². The smallest absolute Gasteiger partial charge is 0.303 e. The molecule has 0 aliphatic heterocycles. The minimum atomic E-state index is -1.07. The average Bonchev–Trinajstić information content (AvgIpc) is 2.47. The minimum Gasteiger partial charge on any atom is -0.462 e. The lowest BCUT2D eigenvalue weighted by Gasteiger charge is -2.31. The quantitative estimate of drug-likeness (QED) is 0.313. The summed E-state index contributed by atoms with van der Waals surface area (Å²) in [7, 11) is 0. The maximum Gasteiger partial charge on any atom is 0.303 e. The van der Waals surface area contributed by atoms with Gasteiger partial charge < -0.3 is 18.9 Å². The zero-order valence-corrected chi connectivity index (χ0v) is 15.5. The molecule has 0 rings (SSSR count). The van der Waals surface area contributed by atoms with Gasteiger partial charge >= 0.3 is 23.9 Å². The second-order valence-corrected chi connectivity index (χ2v) is 5.67. The van der Waals surface area contributed by atoms with Crippen LogP contribution in [0.4, 0.5) is 0 Å². The van der Waals surface area contributed by atoms with Crippen LogP contribution in [0.3, 0.4) is 0 Å². The molecule has 0 fully saturated rings. The van der Waals surface area contributed by atoms with Gasteiger partial charge in [-0.05, 0) is 12.8 Å². The van der Waals surface area contributed by atoms with E-state index in [0.717, 1.165) is 19.3 Å². The lowest BCUT2D eigenvalue weighted by atomic mass is 10.0. The van der Waals surface area contributed by atoms with Gasteiger partial charge in [0.15, 0.2) is 12.2 Å². The molecule has 3 atom stereocenters. The molecular formula is C17H28O8. The lowest BCUT2D eigenvalue weighted by molar-refractivity contribution is -0.189. The van der Waals surface area contributed by atoms with Crippen molar-refractivity contribution in [3.05, 3.63) is 0 Å². The maximum absolute atomic E-state index is 11.5. The molecule has 0 bridgehead atoms. The van der Waals surface area contributed by atoms with Crippen LogP contribution >= 0.6 is 0 Å². The molecule has 0 aliphatic rings. The fourth-order valence-corrected chi connectivity index (χ4v) is 2.29. The van der Waals surface area contributed by atoms with Crippen LogP contribution in [0.2, 0.25) is 0 Å². The van der Waals surface area contributed by atoms with E-state index in [2.05, 4.69) is 0 Å². The van der Waals surface area contributed by atoms with Crippen molar-refractivity contribution in [3.63, 3.8) is 0 Å². The van der Waals surface area contributed by atoms with E-state index in [1.165, 1.54) is 27.7 Å². The Morgan fingerprint density at radius 3 is 1.68 bits per heavy atom. The Labute approximate surface area is 148 Å². The predicted octanol–water partition coefficient (Wildman–Crippen LogP) is 1.92. The second-order valence-electron chi connectivity index (χ2n) is 5.67. The number of hydrogen-bond donors (Lipinski definition) is 0. The van der Waals surface area contributed by atoms with Crippen LogP contribution in [0.1, 0.15) is 60.3 Å². The summed E-state index contributed by atoms with van der Waals surface area (Å²) in [6, 6.07) is 0. The number of hydrogen-bond acceptors (Lipinski definition) is 8. The van der Waals surface area contributed by atoms with Gasteiger partial charge in [0.1, 0.15) is 12.7 Å². The van der Waals surface area contributed by atoms with E-state index in [1.54, 1.807) is 0 Å². The minimum absolute atomic E-state index is 0.307. The third kappa shape index (κ3) is 11.1. The molecule has 8 nitrogen and oxygen atoms in total. The largest absolute Gasteiger partial charge is 0.462 e. The Bertz CT molecular complexity index is 460. The standard InChI is InChI=1S/C17H28O8/c1-6-7-8-9-15(23-12(3)19)17(25-14(5)21)16(24-13(4)20)10-22-11(2)18/h15-17H,6-10H2,1-5H3/t15-,16+,17+/m1/s1. The average molecular weight is 360 g/mol. The van der Waals surface area contributed by atoms with Gasteiger partial charge in [0, 0.05) is 27.7 Å². The molecule has 0 amide bonds. The highest BCUT2D eigenvalue weighted by atomic mass is 16.6. The highest BCUT2D eigenvalue weighted by molar-refractivity contribution is 5.68. The maximum atomic E-state index is 11.5. The first-order valence-corrected chi connectivity index (χ1v) is 8.32. The van der Waals surface area contributed by atoms with Crippen molar-refractivity contribution in [2.45, 2.75) is 78.6 Å². The molecular weight excluding hydrogens is 332 g/mol. The Kier molecular flexibility index (Phi) is 11.2. The first-order valence-electron chi connectivity index (χ1n) is 8.32. The molecule has 0 spiro atoms. The summed E-state index contributed by atoms with van der Waals surface area (Å²) in [4.78, 5) is 45.4. The van der Waals surface area contributed by atoms with Crippen molar-refractivity contribution in [2.75, 3.05) is 6.61 Å². The Morgan fingerprint density at radius 2 is 1.24 bits per heavy atom. The molecule has 0 aromatic rings. The molecule has 0 aromatic carbocycles. The lowest BCUT2D eigenvalue weighted by Crippen LogP contribution is -2.47. The van der Waals surface area contributed by atoms with Crippen LogP contribution in [-0.4, -0.2) is 48.8 Å². The van der Waals surface area contributed by atoms with Crippen molar-refractivity contribution >= 4 is 23.9 Å². The predicted molar refractivity (Wildman–Crippen MR) is 87.4 cm³/mol. The van der Waals surface area contributed by atoms with Crippen molar-refractivity contribution in [1.29, 1.82) is 0 Å². The number of rotatable bonds is 11.